The average Bonchev–Trinajstić information content (AvgIpc) is 3.18. The van der Waals surface area contributed by atoms with E-state index >= 15 is 0 Å². The molecule has 1 aromatic heterocycles. The SMILES string of the molecule is O=C([N-]S(=O)(=O)c1ccccc1-c1ccccc1)c1cc2c(F)cc(N3CCC3)cc2o1.[Na+]. The monoisotopic (exact) mass is 472 g/mol. The topological polar surface area (TPSA) is 81.7 Å². The van der Waals surface area contributed by atoms with Gasteiger partial charge in [0.2, 0.25) is 0 Å². The Labute approximate surface area is 212 Å². The number of furan rings is 1. The second kappa shape index (κ2) is 9.30. The summed E-state index contributed by atoms with van der Waals surface area (Å²) in [6, 6.07) is 19.5. The molecule has 1 aliphatic heterocycles. The number of carbonyl (C=O) groups excluding carboxylic acids is 1. The molecule has 0 radical (unpaired) electrons. The van der Waals surface area contributed by atoms with Gasteiger partial charge in [0.05, 0.1) is 10.3 Å². The molecule has 1 saturated heterocycles. The zero-order valence-corrected chi connectivity index (χ0v) is 20.7. The van der Waals surface area contributed by atoms with E-state index < -0.39 is 21.7 Å². The molecule has 1 amide bonds. The Morgan fingerprint density at radius 3 is 2.36 bits per heavy atom. The van der Waals surface area contributed by atoms with E-state index in [9.17, 15) is 17.6 Å². The van der Waals surface area contributed by atoms with Crippen molar-refractivity contribution in [2.75, 3.05) is 18.0 Å². The summed E-state index contributed by atoms with van der Waals surface area (Å²) >= 11 is 0. The minimum atomic E-state index is -4.34. The van der Waals surface area contributed by atoms with Gasteiger partial charge < -0.3 is 18.8 Å². The van der Waals surface area contributed by atoms with Crippen molar-refractivity contribution in [1.29, 1.82) is 0 Å². The van der Waals surface area contributed by atoms with E-state index in [1.54, 1.807) is 48.5 Å². The predicted molar refractivity (Wildman–Crippen MR) is 120 cm³/mol. The normalized spacial score (nSPS) is 13.3. The van der Waals surface area contributed by atoms with Gasteiger partial charge in [-0.1, -0.05) is 48.5 Å². The number of amides is 1. The summed E-state index contributed by atoms with van der Waals surface area (Å²) in [5.41, 5.74) is 1.95. The number of hydrogen-bond donors (Lipinski definition) is 0. The molecular formula is C24H18FN2NaO4S. The summed E-state index contributed by atoms with van der Waals surface area (Å²) in [4.78, 5) is 14.6. The zero-order chi connectivity index (χ0) is 22.3. The van der Waals surface area contributed by atoms with Crippen LogP contribution in [-0.4, -0.2) is 27.4 Å². The van der Waals surface area contributed by atoms with Crippen molar-refractivity contribution in [3.05, 3.63) is 89.1 Å². The predicted octanol–water partition coefficient (Wildman–Crippen LogP) is 2.36. The molecule has 0 saturated carbocycles. The van der Waals surface area contributed by atoms with Crippen molar-refractivity contribution in [3.8, 4) is 11.1 Å². The molecule has 1 fully saturated rings. The van der Waals surface area contributed by atoms with E-state index in [-0.39, 0.29) is 51.2 Å². The molecule has 4 aromatic rings. The van der Waals surface area contributed by atoms with Gasteiger partial charge >= 0.3 is 29.6 Å². The van der Waals surface area contributed by atoms with Gasteiger partial charge in [-0.3, -0.25) is 0 Å². The summed E-state index contributed by atoms with van der Waals surface area (Å²) < 4.78 is 49.4. The van der Waals surface area contributed by atoms with Gasteiger partial charge in [-0.05, 0) is 35.7 Å². The Hall–Kier alpha value is -2.65. The minimum Gasteiger partial charge on any atom is -0.535 e. The van der Waals surface area contributed by atoms with Crippen molar-refractivity contribution in [3.63, 3.8) is 0 Å². The van der Waals surface area contributed by atoms with Gasteiger partial charge in [0.15, 0.2) is 5.76 Å². The first-order valence-corrected chi connectivity index (χ1v) is 11.5. The summed E-state index contributed by atoms with van der Waals surface area (Å²) in [6.45, 7) is 1.65. The number of sulfonamides is 1. The van der Waals surface area contributed by atoms with Crippen LogP contribution in [-0.2, 0) is 10.0 Å². The van der Waals surface area contributed by atoms with Crippen LogP contribution < -0.4 is 34.5 Å². The molecule has 0 N–H and O–H groups in total. The van der Waals surface area contributed by atoms with Crippen molar-refractivity contribution >= 4 is 32.6 Å². The molecule has 0 unspecified atom stereocenters. The van der Waals surface area contributed by atoms with Gasteiger partial charge in [0.25, 0.3) is 0 Å². The fraction of sp³-hybridized carbons (Fsp3) is 0.125. The maximum Gasteiger partial charge on any atom is 1.00 e. The average molecular weight is 472 g/mol. The molecule has 0 bridgehead atoms. The second-order valence-corrected chi connectivity index (χ2v) is 9.10. The van der Waals surface area contributed by atoms with Crippen LogP contribution in [0.15, 0.2) is 82.1 Å². The summed E-state index contributed by atoms with van der Waals surface area (Å²) in [7, 11) is -4.34. The molecule has 1 aliphatic rings. The molecule has 33 heavy (non-hydrogen) atoms. The van der Waals surface area contributed by atoms with Gasteiger partial charge in [-0.25, -0.2) is 12.8 Å². The Kier molecular flexibility index (Phi) is 6.63. The number of nitrogens with zero attached hydrogens (tertiary/aromatic N) is 2. The maximum absolute atomic E-state index is 14.5. The molecule has 0 aliphatic carbocycles. The number of rotatable bonds is 5. The largest absolute Gasteiger partial charge is 1.00 e. The zero-order valence-electron chi connectivity index (χ0n) is 17.9. The summed E-state index contributed by atoms with van der Waals surface area (Å²) in [6.07, 6.45) is 1.03. The second-order valence-electron chi connectivity index (χ2n) is 7.52. The molecular weight excluding hydrogens is 454 g/mol. The fourth-order valence-corrected chi connectivity index (χ4v) is 4.82. The van der Waals surface area contributed by atoms with Crippen molar-refractivity contribution in [1.82, 2.24) is 0 Å². The van der Waals surface area contributed by atoms with Crippen LogP contribution in [0.3, 0.4) is 0 Å². The van der Waals surface area contributed by atoms with Crippen LogP contribution in [0.5, 0.6) is 0 Å². The van der Waals surface area contributed by atoms with Gasteiger partial charge in [-0.15, -0.1) is 0 Å². The molecule has 9 heteroatoms. The number of halogens is 1. The van der Waals surface area contributed by atoms with Crippen LogP contribution >= 0.6 is 0 Å². The standard InChI is InChI=1S/C24H19FN2O4S.Na/c25-20-13-17(27-11-6-12-27)14-21-19(20)15-22(31-21)24(28)26-32(29,30)23-10-5-4-9-18(23)16-7-2-1-3-8-16;/h1-5,7-10,13-15H,6,11-12H2,(H,26,28);/q;+1/p-1. The number of fused-ring (bicyclic) bond motifs is 1. The van der Waals surface area contributed by atoms with Crippen LogP contribution in [0.4, 0.5) is 10.1 Å². The van der Waals surface area contributed by atoms with Crippen LogP contribution in [0.25, 0.3) is 26.8 Å². The van der Waals surface area contributed by atoms with E-state index in [0.29, 0.717) is 16.8 Å². The first-order valence-electron chi connectivity index (χ1n) is 10.1. The van der Waals surface area contributed by atoms with Crippen LogP contribution in [0.2, 0.25) is 0 Å². The third kappa shape index (κ3) is 4.56. The van der Waals surface area contributed by atoms with Gasteiger partial charge in [0.1, 0.15) is 27.3 Å². The van der Waals surface area contributed by atoms with Gasteiger partial charge in [0, 0.05) is 24.8 Å². The fourth-order valence-electron chi connectivity index (χ4n) is 3.70. The van der Waals surface area contributed by atoms with Crippen molar-refractivity contribution in [2.45, 2.75) is 11.3 Å². The Balaban J connectivity index is 0.00000259. The Morgan fingerprint density at radius 2 is 1.67 bits per heavy atom. The van der Waals surface area contributed by atoms with Gasteiger partial charge in [-0.2, -0.15) is 0 Å². The van der Waals surface area contributed by atoms with Crippen molar-refractivity contribution in [2.24, 2.45) is 0 Å². The molecule has 5 rings (SSSR count). The molecule has 2 heterocycles. The first kappa shape index (κ1) is 23.5. The van der Waals surface area contributed by atoms with Crippen LogP contribution in [0.1, 0.15) is 17.0 Å². The minimum absolute atomic E-state index is 0. The Morgan fingerprint density at radius 1 is 0.970 bits per heavy atom. The molecule has 162 valence electrons. The number of anilines is 1. The van der Waals surface area contributed by atoms with Crippen LogP contribution in [0, 0.1) is 5.82 Å². The number of carbonyl (C=O) groups is 1. The number of hydrogen-bond acceptors (Lipinski definition) is 5. The maximum atomic E-state index is 14.5. The number of benzene rings is 3. The molecule has 0 atom stereocenters. The third-order valence-corrected chi connectivity index (χ3v) is 6.77. The third-order valence-electron chi connectivity index (χ3n) is 5.46. The van der Waals surface area contributed by atoms with Crippen molar-refractivity contribution < 1.29 is 51.6 Å². The summed E-state index contributed by atoms with van der Waals surface area (Å²) in [5.74, 6) is -1.96. The van der Waals surface area contributed by atoms with E-state index in [0.717, 1.165) is 19.5 Å². The van der Waals surface area contributed by atoms with E-state index in [1.807, 2.05) is 11.0 Å². The first-order chi connectivity index (χ1) is 15.4. The van der Waals surface area contributed by atoms with E-state index in [2.05, 4.69) is 4.72 Å². The quantitative estimate of drug-likeness (QED) is 0.417. The van der Waals surface area contributed by atoms with E-state index in [1.165, 1.54) is 18.2 Å². The molecule has 3 aromatic carbocycles. The molecule has 0 spiro atoms. The Bertz CT molecular complexity index is 1430. The molecule has 6 nitrogen and oxygen atoms in total. The summed E-state index contributed by atoms with van der Waals surface area (Å²) in [5, 5.41) is 0.106. The smallest absolute Gasteiger partial charge is 0.535 e. The van der Waals surface area contributed by atoms with E-state index in [4.69, 9.17) is 4.42 Å².